The highest BCUT2D eigenvalue weighted by Crippen LogP contribution is 2.05. The molecule has 0 bridgehead atoms. The Morgan fingerprint density at radius 3 is 2.12 bits per heavy atom. The smallest absolute Gasteiger partial charge is 0.251 e. The quantitative estimate of drug-likeness (QED) is 0.658. The molecule has 1 rings (SSSR count). The first-order chi connectivity index (χ1) is 8.10. The van der Waals surface area contributed by atoms with Crippen molar-refractivity contribution >= 4 is 11.8 Å². The molecule has 0 saturated carbocycles. The van der Waals surface area contributed by atoms with E-state index in [1.165, 1.54) is 14.2 Å². The Morgan fingerprint density at radius 1 is 1.12 bits per heavy atom. The standard InChI is InChI=1S/C11H20N2O4/c1-9(17-3)11(15)13-6-4-12(5-7-13)10(14)8-16-2/h9H,4-8H2,1-3H3. The van der Waals surface area contributed by atoms with Crippen LogP contribution in [-0.2, 0) is 19.1 Å². The minimum absolute atomic E-state index is 0.0219. The molecule has 1 saturated heterocycles. The largest absolute Gasteiger partial charge is 0.375 e. The summed E-state index contributed by atoms with van der Waals surface area (Å²) < 4.78 is 9.78. The van der Waals surface area contributed by atoms with E-state index >= 15 is 0 Å². The molecule has 0 aromatic rings. The van der Waals surface area contributed by atoms with Crippen LogP contribution in [0.25, 0.3) is 0 Å². The van der Waals surface area contributed by atoms with Gasteiger partial charge in [-0.15, -0.1) is 0 Å². The molecule has 1 atom stereocenters. The van der Waals surface area contributed by atoms with Gasteiger partial charge in [0.25, 0.3) is 5.91 Å². The molecule has 1 aliphatic heterocycles. The molecule has 1 fully saturated rings. The third kappa shape index (κ3) is 3.67. The fourth-order valence-corrected chi connectivity index (χ4v) is 1.75. The van der Waals surface area contributed by atoms with E-state index in [1.54, 1.807) is 16.7 Å². The molecular formula is C11H20N2O4. The van der Waals surface area contributed by atoms with Gasteiger partial charge in [-0.3, -0.25) is 9.59 Å². The molecule has 0 radical (unpaired) electrons. The first-order valence-electron chi connectivity index (χ1n) is 5.68. The van der Waals surface area contributed by atoms with E-state index in [0.717, 1.165) is 0 Å². The molecule has 0 N–H and O–H groups in total. The summed E-state index contributed by atoms with van der Waals surface area (Å²) in [4.78, 5) is 26.8. The number of ether oxygens (including phenoxy) is 2. The van der Waals surface area contributed by atoms with Crippen LogP contribution in [0.2, 0.25) is 0 Å². The van der Waals surface area contributed by atoms with Crippen molar-refractivity contribution in [3.63, 3.8) is 0 Å². The molecule has 0 aromatic heterocycles. The van der Waals surface area contributed by atoms with Gasteiger partial charge in [0.1, 0.15) is 12.7 Å². The summed E-state index contributed by atoms with van der Waals surface area (Å²) in [6, 6.07) is 0. The van der Waals surface area contributed by atoms with Crippen molar-refractivity contribution in [2.45, 2.75) is 13.0 Å². The van der Waals surface area contributed by atoms with E-state index in [-0.39, 0.29) is 18.4 Å². The lowest BCUT2D eigenvalue weighted by atomic mass is 10.2. The fourth-order valence-electron chi connectivity index (χ4n) is 1.75. The first-order valence-corrected chi connectivity index (χ1v) is 5.68. The molecular weight excluding hydrogens is 224 g/mol. The summed E-state index contributed by atoms with van der Waals surface area (Å²) in [6.45, 7) is 4.06. The monoisotopic (exact) mass is 244 g/mol. The van der Waals surface area contributed by atoms with Gasteiger partial charge in [-0.2, -0.15) is 0 Å². The number of amides is 2. The van der Waals surface area contributed by atoms with Gasteiger partial charge in [0.15, 0.2) is 0 Å². The Labute approximate surface area is 101 Å². The van der Waals surface area contributed by atoms with Gasteiger partial charge in [0, 0.05) is 40.4 Å². The Bertz CT molecular complexity index is 275. The van der Waals surface area contributed by atoms with Crippen LogP contribution in [-0.4, -0.2) is 74.7 Å². The van der Waals surface area contributed by atoms with Gasteiger partial charge in [-0.05, 0) is 6.92 Å². The first kappa shape index (κ1) is 13.9. The number of methoxy groups -OCH3 is 2. The maximum absolute atomic E-state index is 11.8. The predicted octanol–water partition coefficient (Wildman–Crippen LogP) is -0.661. The number of piperazine rings is 1. The van der Waals surface area contributed by atoms with Crippen LogP contribution < -0.4 is 0 Å². The van der Waals surface area contributed by atoms with Gasteiger partial charge >= 0.3 is 0 Å². The number of carbonyl (C=O) groups excluding carboxylic acids is 2. The van der Waals surface area contributed by atoms with Gasteiger partial charge in [-0.25, -0.2) is 0 Å². The van der Waals surface area contributed by atoms with E-state index < -0.39 is 6.10 Å². The second kappa shape index (κ2) is 6.56. The molecule has 1 unspecified atom stereocenters. The molecule has 6 nitrogen and oxygen atoms in total. The highest BCUT2D eigenvalue weighted by Gasteiger charge is 2.26. The average Bonchev–Trinajstić information content (AvgIpc) is 2.37. The summed E-state index contributed by atoms with van der Waals surface area (Å²) in [5.74, 6) is -0.0503. The number of nitrogens with zero attached hydrogens (tertiary/aromatic N) is 2. The molecule has 6 heteroatoms. The van der Waals surface area contributed by atoms with Gasteiger partial charge in [0.05, 0.1) is 0 Å². The van der Waals surface area contributed by atoms with Crippen LogP contribution in [0.4, 0.5) is 0 Å². The van der Waals surface area contributed by atoms with Crippen LogP contribution in [0.15, 0.2) is 0 Å². The normalized spacial score (nSPS) is 18.1. The highest BCUT2D eigenvalue weighted by atomic mass is 16.5. The summed E-state index contributed by atoms with van der Waals surface area (Å²) in [6.07, 6.45) is -0.420. The van der Waals surface area contributed by atoms with Crippen LogP contribution >= 0.6 is 0 Å². The molecule has 1 aliphatic rings. The third-order valence-electron chi connectivity index (χ3n) is 2.91. The zero-order chi connectivity index (χ0) is 12.8. The minimum Gasteiger partial charge on any atom is -0.375 e. The van der Waals surface area contributed by atoms with E-state index in [0.29, 0.717) is 26.2 Å². The van der Waals surface area contributed by atoms with Crippen molar-refractivity contribution in [2.24, 2.45) is 0 Å². The van der Waals surface area contributed by atoms with E-state index in [4.69, 9.17) is 9.47 Å². The van der Waals surface area contributed by atoms with E-state index in [2.05, 4.69) is 0 Å². The summed E-state index contributed by atoms with van der Waals surface area (Å²) in [5, 5.41) is 0. The Kier molecular flexibility index (Phi) is 5.37. The van der Waals surface area contributed by atoms with Crippen LogP contribution in [0.5, 0.6) is 0 Å². The molecule has 1 heterocycles. The Morgan fingerprint density at radius 2 is 1.65 bits per heavy atom. The van der Waals surface area contributed by atoms with Crippen LogP contribution in [0.3, 0.4) is 0 Å². The number of hydrogen-bond donors (Lipinski definition) is 0. The number of rotatable bonds is 4. The molecule has 0 aromatic carbocycles. The van der Waals surface area contributed by atoms with Crippen LogP contribution in [0.1, 0.15) is 6.92 Å². The zero-order valence-electron chi connectivity index (χ0n) is 10.6. The summed E-state index contributed by atoms with van der Waals surface area (Å²) >= 11 is 0. The van der Waals surface area contributed by atoms with Crippen LogP contribution in [0, 0.1) is 0 Å². The van der Waals surface area contributed by atoms with Crippen molar-refractivity contribution < 1.29 is 19.1 Å². The molecule has 2 amide bonds. The van der Waals surface area contributed by atoms with Crippen molar-refractivity contribution in [1.82, 2.24) is 9.80 Å². The van der Waals surface area contributed by atoms with E-state index in [9.17, 15) is 9.59 Å². The summed E-state index contributed by atoms with van der Waals surface area (Å²) in [7, 11) is 3.01. The van der Waals surface area contributed by atoms with Gasteiger partial charge in [0.2, 0.25) is 5.91 Å². The number of hydrogen-bond acceptors (Lipinski definition) is 4. The molecule has 98 valence electrons. The SMILES string of the molecule is COCC(=O)N1CCN(C(=O)C(C)OC)CC1. The zero-order valence-corrected chi connectivity index (χ0v) is 10.6. The maximum Gasteiger partial charge on any atom is 0.251 e. The maximum atomic E-state index is 11.8. The lowest BCUT2D eigenvalue weighted by Crippen LogP contribution is -2.53. The number of carbonyl (C=O) groups is 2. The minimum atomic E-state index is -0.420. The van der Waals surface area contributed by atoms with E-state index in [1.807, 2.05) is 0 Å². The van der Waals surface area contributed by atoms with Crippen molar-refractivity contribution in [3.8, 4) is 0 Å². The highest BCUT2D eigenvalue weighted by molar-refractivity contribution is 5.81. The Hall–Kier alpha value is -1.14. The Balaban J connectivity index is 2.40. The predicted molar refractivity (Wildman–Crippen MR) is 61.5 cm³/mol. The lowest BCUT2D eigenvalue weighted by Gasteiger charge is -2.35. The third-order valence-corrected chi connectivity index (χ3v) is 2.91. The lowest BCUT2D eigenvalue weighted by molar-refractivity contribution is -0.147. The van der Waals surface area contributed by atoms with Gasteiger partial charge in [-0.1, -0.05) is 0 Å². The second-order valence-electron chi connectivity index (χ2n) is 4.02. The topological polar surface area (TPSA) is 59.1 Å². The molecule has 0 aliphatic carbocycles. The molecule has 0 spiro atoms. The van der Waals surface area contributed by atoms with Crippen molar-refractivity contribution in [1.29, 1.82) is 0 Å². The van der Waals surface area contributed by atoms with Crippen molar-refractivity contribution in [2.75, 3.05) is 47.0 Å². The van der Waals surface area contributed by atoms with Gasteiger partial charge < -0.3 is 19.3 Å². The van der Waals surface area contributed by atoms with Crippen molar-refractivity contribution in [3.05, 3.63) is 0 Å². The molecule has 17 heavy (non-hydrogen) atoms. The fraction of sp³-hybridized carbons (Fsp3) is 0.818. The second-order valence-corrected chi connectivity index (χ2v) is 4.02. The average molecular weight is 244 g/mol. The summed E-state index contributed by atoms with van der Waals surface area (Å²) in [5.41, 5.74) is 0.